The van der Waals surface area contributed by atoms with Crippen LogP contribution < -0.4 is 5.73 Å². The molecule has 5 heteroatoms. The zero-order chi connectivity index (χ0) is 11.5. The molecular formula is C11H18N4O. The van der Waals surface area contributed by atoms with Crippen molar-refractivity contribution in [2.75, 3.05) is 38.5 Å². The van der Waals surface area contributed by atoms with Gasteiger partial charge in [-0.05, 0) is 12.6 Å². The Morgan fingerprint density at radius 2 is 2.12 bits per heavy atom. The molecule has 1 aromatic rings. The van der Waals surface area contributed by atoms with Crippen LogP contribution in [0.4, 0.5) is 5.69 Å². The number of carbonyl (C=O) groups excluding carboxylic acids is 1. The second kappa shape index (κ2) is 4.57. The van der Waals surface area contributed by atoms with Crippen LogP contribution in [0.3, 0.4) is 0 Å². The number of nitrogens with two attached hydrogens (primary N) is 1. The maximum atomic E-state index is 12.0. The summed E-state index contributed by atoms with van der Waals surface area (Å²) in [6.07, 6.45) is 1.65. The van der Waals surface area contributed by atoms with E-state index in [1.54, 1.807) is 12.3 Å². The number of aromatic amines is 1. The number of piperazine rings is 1. The smallest absolute Gasteiger partial charge is 0.270 e. The SMILES string of the molecule is CCN1CCN(C(=O)c2cc(N)c[nH]2)CC1. The highest BCUT2D eigenvalue weighted by Crippen LogP contribution is 2.10. The molecule has 0 spiro atoms. The number of nitrogen functional groups attached to an aromatic ring is 1. The zero-order valence-corrected chi connectivity index (χ0v) is 9.57. The average molecular weight is 222 g/mol. The maximum absolute atomic E-state index is 12.0. The molecule has 0 aliphatic carbocycles. The molecule has 5 nitrogen and oxygen atoms in total. The van der Waals surface area contributed by atoms with E-state index in [9.17, 15) is 4.79 Å². The zero-order valence-electron chi connectivity index (χ0n) is 9.57. The number of rotatable bonds is 2. The maximum Gasteiger partial charge on any atom is 0.270 e. The van der Waals surface area contributed by atoms with Gasteiger partial charge in [0.05, 0.1) is 0 Å². The second-order valence-electron chi connectivity index (χ2n) is 4.07. The molecule has 0 aromatic carbocycles. The molecule has 3 N–H and O–H groups in total. The summed E-state index contributed by atoms with van der Waals surface area (Å²) in [6.45, 7) is 6.70. The molecule has 1 aromatic heterocycles. The molecule has 0 saturated carbocycles. The van der Waals surface area contributed by atoms with Gasteiger partial charge in [0.25, 0.3) is 5.91 Å². The van der Waals surface area contributed by atoms with E-state index in [1.807, 2.05) is 4.90 Å². The van der Waals surface area contributed by atoms with Gasteiger partial charge in [-0.3, -0.25) is 4.79 Å². The fraction of sp³-hybridized carbons (Fsp3) is 0.545. The van der Waals surface area contributed by atoms with Gasteiger partial charge in [-0.15, -0.1) is 0 Å². The van der Waals surface area contributed by atoms with Gasteiger partial charge in [-0.25, -0.2) is 0 Å². The van der Waals surface area contributed by atoms with E-state index in [4.69, 9.17) is 5.73 Å². The number of amides is 1. The number of likely N-dealkylation sites (N-methyl/N-ethyl adjacent to an activating group) is 1. The first-order chi connectivity index (χ1) is 7.70. The van der Waals surface area contributed by atoms with Crippen LogP contribution in [0.25, 0.3) is 0 Å². The quantitative estimate of drug-likeness (QED) is 0.760. The van der Waals surface area contributed by atoms with Crippen molar-refractivity contribution < 1.29 is 4.79 Å². The summed E-state index contributed by atoms with van der Waals surface area (Å²) >= 11 is 0. The fourth-order valence-electron chi connectivity index (χ4n) is 1.97. The highest BCUT2D eigenvalue weighted by atomic mass is 16.2. The van der Waals surface area contributed by atoms with E-state index in [0.29, 0.717) is 11.4 Å². The number of nitrogens with one attached hydrogen (secondary N) is 1. The van der Waals surface area contributed by atoms with Crippen LogP contribution in [-0.4, -0.2) is 53.4 Å². The third-order valence-corrected chi connectivity index (χ3v) is 3.04. The molecule has 0 bridgehead atoms. The molecule has 1 saturated heterocycles. The molecule has 88 valence electrons. The minimum atomic E-state index is 0.0486. The van der Waals surface area contributed by atoms with E-state index < -0.39 is 0 Å². The van der Waals surface area contributed by atoms with E-state index in [0.717, 1.165) is 32.7 Å². The lowest BCUT2D eigenvalue weighted by Crippen LogP contribution is -2.48. The Bertz CT molecular complexity index is 366. The lowest BCUT2D eigenvalue weighted by atomic mass is 10.3. The molecule has 2 rings (SSSR count). The lowest BCUT2D eigenvalue weighted by molar-refractivity contribution is 0.0638. The largest absolute Gasteiger partial charge is 0.397 e. The predicted molar refractivity (Wildman–Crippen MR) is 63.2 cm³/mol. The summed E-state index contributed by atoms with van der Waals surface area (Å²) < 4.78 is 0. The van der Waals surface area contributed by atoms with Crippen molar-refractivity contribution in [2.45, 2.75) is 6.92 Å². The molecular weight excluding hydrogens is 204 g/mol. The Kier molecular flexibility index (Phi) is 3.14. The highest BCUT2D eigenvalue weighted by molar-refractivity contribution is 5.93. The van der Waals surface area contributed by atoms with Crippen molar-refractivity contribution >= 4 is 11.6 Å². The van der Waals surface area contributed by atoms with Gasteiger partial charge in [-0.1, -0.05) is 6.92 Å². The minimum absolute atomic E-state index is 0.0486. The molecule has 2 heterocycles. The molecule has 0 radical (unpaired) electrons. The van der Waals surface area contributed by atoms with Crippen molar-refractivity contribution in [3.05, 3.63) is 18.0 Å². The van der Waals surface area contributed by atoms with Crippen LogP contribution in [-0.2, 0) is 0 Å². The van der Waals surface area contributed by atoms with Gasteiger partial charge >= 0.3 is 0 Å². The third kappa shape index (κ3) is 2.19. The van der Waals surface area contributed by atoms with Crippen LogP contribution in [0.1, 0.15) is 17.4 Å². The van der Waals surface area contributed by atoms with Crippen molar-refractivity contribution in [3.8, 4) is 0 Å². The predicted octanol–water partition coefficient (Wildman–Crippen LogP) is 0.375. The first kappa shape index (κ1) is 11.0. The summed E-state index contributed by atoms with van der Waals surface area (Å²) in [5.74, 6) is 0.0486. The third-order valence-electron chi connectivity index (χ3n) is 3.04. The number of hydrogen-bond acceptors (Lipinski definition) is 3. The summed E-state index contributed by atoms with van der Waals surface area (Å²) in [7, 11) is 0. The van der Waals surface area contributed by atoms with E-state index >= 15 is 0 Å². The molecule has 1 fully saturated rings. The Morgan fingerprint density at radius 1 is 1.44 bits per heavy atom. The van der Waals surface area contributed by atoms with Crippen molar-refractivity contribution in [1.29, 1.82) is 0 Å². The van der Waals surface area contributed by atoms with Crippen molar-refractivity contribution in [2.24, 2.45) is 0 Å². The molecule has 0 unspecified atom stereocenters. The molecule has 1 amide bonds. The number of nitrogens with zero attached hydrogens (tertiary/aromatic N) is 2. The van der Waals surface area contributed by atoms with Crippen molar-refractivity contribution in [1.82, 2.24) is 14.8 Å². The van der Waals surface area contributed by atoms with Crippen LogP contribution >= 0.6 is 0 Å². The molecule has 1 aliphatic heterocycles. The Hall–Kier alpha value is -1.49. The first-order valence-electron chi connectivity index (χ1n) is 5.66. The minimum Gasteiger partial charge on any atom is -0.397 e. The van der Waals surface area contributed by atoms with E-state index in [1.165, 1.54) is 0 Å². The number of H-pyrrole nitrogens is 1. The van der Waals surface area contributed by atoms with Crippen molar-refractivity contribution in [3.63, 3.8) is 0 Å². The topological polar surface area (TPSA) is 65.4 Å². The average Bonchev–Trinajstić information content (AvgIpc) is 2.75. The number of anilines is 1. The van der Waals surface area contributed by atoms with Crippen LogP contribution in [0.15, 0.2) is 12.3 Å². The summed E-state index contributed by atoms with van der Waals surface area (Å²) in [5, 5.41) is 0. The molecule has 1 aliphatic rings. The van der Waals surface area contributed by atoms with Crippen LogP contribution in [0.2, 0.25) is 0 Å². The van der Waals surface area contributed by atoms with Gasteiger partial charge in [0.1, 0.15) is 5.69 Å². The highest BCUT2D eigenvalue weighted by Gasteiger charge is 2.21. The summed E-state index contributed by atoms with van der Waals surface area (Å²) in [4.78, 5) is 19.1. The Balaban J connectivity index is 1.96. The van der Waals surface area contributed by atoms with Gasteiger partial charge in [0.15, 0.2) is 0 Å². The van der Waals surface area contributed by atoms with E-state index in [2.05, 4.69) is 16.8 Å². The Labute approximate surface area is 95.2 Å². The number of carbonyl (C=O) groups is 1. The van der Waals surface area contributed by atoms with Gasteiger partial charge in [0.2, 0.25) is 0 Å². The van der Waals surface area contributed by atoms with Crippen LogP contribution in [0.5, 0.6) is 0 Å². The standard InChI is InChI=1S/C11H18N4O/c1-2-14-3-5-15(6-4-14)11(16)10-7-9(12)8-13-10/h7-8,13H,2-6,12H2,1H3. The summed E-state index contributed by atoms with van der Waals surface area (Å²) in [6, 6.07) is 1.69. The van der Waals surface area contributed by atoms with Gasteiger partial charge in [0, 0.05) is 38.1 Å². The number of aromatic nitrogens is 1. The monoisotopic (exact) mass is 222 g/mol. The second-order valence-corrected chi connectivity index (χ2v) is 4.07. The van der Waals surface area contributed by atoms with Gasteiger partial charge in [-0.2, -0.15) is 0 Å². The summed E-state index contributed by atoms with van der Waals surface area (Å²) in [5.41, 5.74) is 6.77. The van der Waals surface area contributed by atoms with Crippen LogP contribution in [0, 0.1) is 0 Å². The lowest BCUT2D eigenvalue weighted by Gasteiger charge is -2.33. The normalized spacial score (nSPS) is 17.7. The van der Waals surface area contributed by atoms with Gasteiger partial charge < -0.3 is 20.5 Å². The molecule has 16 heavy (non-hydrogen) atoms. The fourth-order valence-corrected chi connectivity index (χ4v) is 1.97. The van der Waals surface area contributed by atoms with E-state index in [-0.39, 0.29) is 5.91 Å². The number of hydrogen-bond donors (Lipinski definition) is 2. The Morgan fingerprint density at radius 3 is 2.62 bits per heavy atom. The molecule has 0 atom stereocenters. The first-order valence-corrected chi connectivity index (χ1v) is 5.66.